The van der Waals surface area contributed by atoms with Crippen LogP contribution in [0.2, 0.25) is 0 Å². The number of aromatic nitrogens is 1. The first-order valence-corrected chi connectivity index (χ1v) is 9.93. The van der Waals surface area contributed by atoms with Crippen molar-refractivity contribution in [2.45, 2.75) is 13.8 Å². The SMILES string of the molecule is CC(=Nn1c(-c2cccs2)csc1=Nc1ccccc1)c1ccc(C)o1. The molecule has 130 valence electrons. The lowest BCUT2D eigenvalue weighted by Crippen LogP contribution is -2.13. The summed E-state index contributed by atoms with van der Waals surface area (Å²) in [4.78, 5) is 6.75. The molecular weight excluding hydrogens is 362 g/mol. The van der Waals surface area contributed by atoms with E-state index in [0.29, 0.717) is 0 Å². The minimum atomic E-state index is 0.768. The summed E-state index contributed by atoms with van der Waals surface area (Å²) in [6.45, 7) is 3.88. The summed E-state index contributed by atoms with van der Waals surface area (Å²) in [5.74, 6) is 1.64. The Labute approximate surface area is 159 Å². The number of thiophene rings is 1. The number of benzene rings is 1. The second-order valence-corrected chi connectivity index (χ2v) is 7.52. The number of nitrogens with zero attached hydrogens (tertiary/aromatic N) is 3. The molecule has 0 aliphatic rings. The maximum absolute atomic E-state index is 5.71. The van der Waals surface area contributed by atoms with E-state index in [4.69, 9.17) is 14.5 Å². The van der Waals surface area contributed by atoms with Gasteiger partial charge in [0, 0.05) is 5.38 Å². The van der Waals surface area contributed by atoms with E-state index in [9.17, 15) is 0 Å². The number of rotatable bonds is 4. The molecular formula is C20H17N3OS2. The van der Waals surface area contributed by atoms with Gasteiger partial charge in [0.15, 0.2) is 0 Å². The molecule has 3 aromatic heterocycles. The summed E-state index contributed by atoms with van der Waals surface area (Å²) in [6, 6.07) is 18.0. The molecule has 4 rings (SSSR count). The molecule has 0 amide bonds. The molecule has 0 saturated heterocycles. The molecule has 4 aromatic rings. The van der Waals surface area contributed by atoms with Crippen LogP contribution in [0.3, 0.4) is 0 Å². The molecule has 0 unspecified atom stereocenters. The third-order valence-electron chi connectivity index (χ3n) is 3.79. The quantitative estimate of drug-likeness (QED) is 0.420. The Kier molecular flexibility index (Phi) is 4.69. The van der Waals surface area contributed by atoms with Crippen LogP contribution < -0.4 is 4.80 Å². The van der Waals surface area contributed by atoms with Gasteiger partial charge in [-0.25, -0.2) is 9.67 Å². The van der Waals surface area contributed by atoms with Crippen molar-refractivity contribution in [2.75, 3.05) is 0 Å². The highest BCUT2D eigenvalue weighted by Crippen LogP contribution is 2.25. The van der Waals surface area contributed by atoms with Crippen molar-refractivity contribution >= 4 is 34.1 Å². The smallest absolute Gasteiger partial charge is 0.211 e. The Morgan fingerprint density at radius 3 is 2.54 bits per heavy atom. The van der Waals surface area contributed by atoms with E-state index >= 15 is 0 Å². The van der Waals surface area contributed by atoms with Crippen molar-refractivity contribution in [1.29, 1.82) is 0 Å². The van der Waals surface area contributed by atoms with Gasteiger partial charge in [-0.05, 0) is 49.6 Å². The van der Waals surface area contributed by atoms with Gasteiger partial charge in [0.2, 0.25) is 4.80 Å². The number of furan rings is 1. The first-order chi connectivity index (χ1) is 12.7. The van der Waals surface area contributed by atoms with Crippen LogP contribution in [0.1, 0.15) is 18.4 Å². The minimum absolute atomic E-state index is 0.768. The fourth-order valence-electron chi connectivity index (χ4n) is 2.51. The standard InChI is InChI=1S/C20H17N3OS2/c1-14-10-11-18(24-14)15(2)22-23-17(19-9-6-12-25-19)13-26-20(23)21-16-7-4-3-5-8-16/h3-13H,1-2H3. The number of aryl methyl sites for hydroxylation is 1. The van der Waals surface area contributed by atoms with E-state index in [0.717, 1.165) is 38.3 Å². The van der Waals surface area contributed by atoms with Crippen LogP contribution >= 0.6 is 22.7 Å². The number of thiazole rings is 1. The predicted molar refractivity (Wildman–Crippen MR) is 108 cm³/mol. The Morgan fingerprint density at radius 2 is 1.85 bits per heavy atom. The van der Waals surface area contributed by atoms with Gasteiger partial charge < -0.3 is 4.42 Å². The molecule has 0 fully saturated rings. The van der Waals surface area contributed by atoms with Gasteiger partial charge in [-0.2, -0.15) is 5.10 Å². The number of para-hydroxylation sites is 1. The molecule has 0 bridgehead atoms. The molecule has 0 saturated carbocycles. The highest BCUT2D eigenvalue weighted by atomic mass is 32.1. The normalized spacial score (nSPS) is 12.7. The van der Waals surface area contributed by atoms with Crippen LogP contribution in [0.5, 0.6) is 0 Å². The summed E-state index contributed by atoms with van der Waals surface area (Å²) in [6.07, 6.45) is 0. The summed E-state index contributed by atoms with van der Waals surface area (Å²) < 4.78 is 7.61. The van der Waals surface area contributed by atoms with E-state index < -0.39 is 0 Å². The van der Waals surface area contributed by atoms with Crippen molar-refractivity contribution in [2.24, 2.45) is 10.1 Å². The van der Waals surface area contributed by atoms with Crippen LogP contribution in [0.25, 0.3) is 10.6 Å². The Bertz CT molecular complexity index is 1100. The number of hydrogen-bond donors (Lipinski definition) is 0. The van der Waals surface area contributed by atoms with Gasteiger partial charge in [-0.1, -0.05) is 24.3 Å². The molecule has 0 N–H and O–H groups in total. The second kappa shape index (κ2) is 7.27. The maximum Gasteiger partial charge on any atom is 0.211 e. The van der Waals surface area contributed by atoms with Gasteiger partial charge in [0.05, 0.1) is 16.3 Å². The second-order valence-electron chi connectivity index (χ2n) is 5.74. The molecule has 4 nitrogen and oxygen atoms in total. The third-order valence-corrected chi connectivity index (χ3v) is 5.50. The zero-order valence-corrected chi connectivity index (χ0v) is 16.1. The maximum atomic E-state index is 5.71. The minimum Gasteiger partial charge on any atom is -0.460 e. The summed E-state index contributed by atoms with van der Waals surface area (Å²) in [5, 5.41) is 8.98. The highest BCUT2D eigenvalue weighted by molar-refractivity contribution is 7.14. The molecule has 0 spiro atoms. The van der Waals surface area contributed by atoms with Gasteiger partial charge >= 0.3 is 0 Å². The Hall–Kier alpha value is -2.70. The Balaban J connectivity index is 1.87. The summed E-state index contributed by atoms with van der Waals surface area (Å²) >= 11 is 3.27. The number of hydrogen-bond acceptors (Lipinski definition) is 5. The largest absolute Gasteiger partial charge is 0.460 e. The first-order valence-electron chi connectivity index (χ1n) is 8.17. The third kappa shape index (κ3) is 3.47. The average molecular weight is 380 g/mol. The lowest BCUT2D eigenvalue weighted by Gasteiger charge is -2.03. The van der Waals surface area contributed by atoms with Crippen LogP contribution in [-0.4, -0.2) is 10.4 Å². The molecule has 0 radical (unpaired) electrons. The van der Waals surface area contributed by atoms with Crippen LogP contribution in [0.4, 0.5) is 5.69 Å². The van der Waals surface area contributed by atoms with Crippen molar-refractivity contribution < 1.29 is 4.42 Å². The highest BCUT2D eigenvalue weighted by Gasteiger charge is 2.11. The van der Waals surface area contributed by atoms with Gasteiger partial charge in [-0.3, -0.25) is 0 Å². The molecule has 1 aromatic carbocycles. The van der Waals surface area contributed by atoms with E-state index in [1.54, 1.807) is 22.7 Å². The van der Waals surface area contributed by atoms with Gasteiger partial charge in [-0.15, -0.1) is 22.7 Å². The lowest BCUT2D eigenvalue weighted by atomic mass is 10.3. The monoisotopic (exact) mass is 379 g/mol. The molecule has 0 aliphatic carbocycles. The fourth-order valence-corrected chi connectivity index (χ4v) is 4.15. The molecule has 0 atom stereocenters. The summed E-state index contributed by atoms with van der Waals surface area (Å²) in [7, 11) is 0. The first kappa shape index (κ1) is 16.8. The molecule has 6 heteroatoms. The predicted octanol–water partition coefficient (Wildman–Crippen LogP) is 5.68. The van der Waals surface area contributed by atoms with Crippen LogP contribution in [-0.2, 0) is 0 Å². The molecule has 26 heavy (non-hydrogen) atoms. The van der Waals surface area contributed by atoms with Gasteiger partial charge in [0.25, 0.3) is 0 Å². The zero-order chi connectivity index (χ0) is 17.9. The van der Waals surface area contributed by atoms with E-state index in [2.05, 4.69) is 16.8 Å². The van der Waals surface area contributed by atoms with Crippen molar-refractivity contribution in [3.05, 3.63) is 81.7 Å². The van der Waals surface area contributed by atoms with Crippen molar-refractivity contribution in [3.8, 4) is 10.6 Å². The van der Waals surface area contributed by atoms with Gasteiger partial charge in [0.1, 0.15) is 17.2 Å². The van der Waals surface area contributed by atoms with Crippen molar-refractivity contribution in [3.63, 3.8) is 0 Å². The van der Waals surface area contributed by atoms with E-state index in [1.165, 1.54) is 0 Å². The van der Waals surface area contributed by atoms with Crippen molar-refractivity contribution in [1.82, 2.24) is 4.68 Å². The fraction of sp³-hybridized carbons (Fsp3) is 0.100. The van der Waals surface area contributed by atoms with Crippen LogP contribution in [0.15, 0.2) is 79.9 Å². The topological polar surface area (TPSA) is 42.8 Å². The average Bonchev–Trinajstić information content (AvgIpc) is 3.38. The molecule has 0 aliphatic heterocycles. The Morgan fingerprint density at radius 1 is 1.00 bits per heavy atom. The zero-order valence-electron chi connectivity index (χ0n) is 14.4. The van der Waals surface area contributed by atoms with Crippen LogP contribution in [0, 0.1) is 6.92 Å². The van der Waals surface area contributed by atoms with E-state index in [-0.39, 0.29) is 0 Å². The lowest BCUT2D eigenvalue weighted by molar-refractivity contribution is 0.524. The molecule has 3 heterocycles. The van der Waals surface area contributed by atoms with E-state index in [1.807, 2.05) is 67.1 Å². The summed E-state index contributed by atoms with van der Waals surface area (Å²) in [5.41, 5.74) is 2.74.